The highest BCUT2D eigenvalue weighted by atomic mass is 35.7. The molecule has 0 saturated carbocycles. The topological polar surface area (TPSA) is 78.2 Å². The highest BCUT2D eigenvalue weighted by Gasteiger charge is 2.15. The van der Waals surface area contributed by atoms with Crippen molar-refractivity contribution in [1.29, 1.82) is 5.26 Å². The predicted molar refractivity (Wildman–Crippen MR) is 54.9 cm³/mol. The van der Waals surface area contributed by atoms with Gasteiger partial charge in [0.1, 0.15) is 0 Å². The molecule has 4 nitrogen and oxygen atoms in total. The van der Waals surface area contributed by atoms with Crippen molar-refractivity contribution in [2.75, 3.05) is 0 Å². The lowest BCUT2D eigenvalue weighted by molar-refractivity contribution is 0.281. The van der Waals surface area contributed by atoms with Gasteiger partial charge in [0.05, 0.1) is 23.1 Å². The molecule has 1 aromatic rings. The third kappa shape index (κ3) is 2.48. The van der Waals surface area contributed by atoms with Gasteiger partial charge in [-0.1, -0.05) is 0 Å². The van der Waals surface area contributed by atoms with Crippen LogP contribution in [0.15, 0.2) is 17.0 Å². The second-order valence-corrected chi connectivity index (χ2v) is 5.55. The Balaban J connectivity index is 3.54. The van der Waals surface area contributed by atoms with Crippen LogP contribution in [0.2, 0.25) is 0 Å². The van der Waals surface area contributed by atoms with E-state index in [1.807, 2.05) is 6.07 Å². The van der Waals surface area contributed by atoms with Gasteiger partial charge >= 0.3 is 0 Å². The van der Waals surface area contributed by atoms with Crippen LogP contribution < -0.4 is 0 Å². The maximum Gasteiger partial charge on any atom is 0.261 e. The van der Waals surface area contributed by atoms with Crippen molar-refractivity contribution in [1.82, 2.24) is 0 Å². The minimum Gasteiger partial charge on any atom is -0.392 e. The Bertz CT molecular complexity index is 531. The fourth-order valence-electron chi connectivity index (χ4n) is 1.25. The zero-order valence-corrected chi connectivity index (χ0v) is 9.43. The number of hydrogen-bond acceptors (Lipinski definition) is 4. The van der Waals surface area contributed by atoms with Gasteiger partial charge < -0.3 is 5.11 Å². The van der Waals surface area contributed by atoms with Crippen LogP contribution in [0, 0.1) is 18.3 Å². The highest BCUT2D eigenvalue weighted by Crippen LogP contribution is 2.22. The molecular weight excluding hydrogens is 238 g/mol. The lowest BCUT2D eigenvalue weighted by Gasteiger charge is -2.06. The molecule has 0 aliphatic carbocycles. The molecule has 0 spiro atoms. The molecule has 1 N–H and O–H groups in total. The van der Waals surface area contributed by atoms with Crippen LogP contribution in [0.3, 0.4) is 0 Å². The molecule has 0 radical (unpaired) electrons. The van der Waals surface area contributed by atoms with E-state index in [9.17, 15) is 8.42 Å². The zero-order chi connectivity index (χ0) is 11.6. The highest BCUT2D eigenvalue weighted by molar-refractivity contribution is 8.13. The summed E-state index contributed by atoms with van der Waals surface area (Å²) in [4.78, 5) is -0.107. The van der Waals surface area contributed by atoms with E-state index in [0.717, 1.165) is 0 Å². The van der Waals surface area contributed by atoms with Gasteiger partial charge in [0.15, 0.2) is 0 Å². The second-order valence-electron chi connectivity index (χ2n) is 2.98. The Morgan fingerprint density at radius 2 is 2.13 bits per heavy atom. The fraction of sp³-hybridized carbons (Fsp3) is 0.222. The van der Waals surface area contributed by atoms with Crippen LogP contribution in [-0.2, 0) is 15.7 Å². The molecule has 0 saturated heterocycles. The minimum atomic E-state index is -3.83. The summed E-state index contributed by atoms with van der Waals surface area (Å²) in [5.74, 6) is 0. The normalized spacial score (nSPS) is 11.1. The first-order valence-electron chi connectivity index (χ1n) is 3.99. The molecule has 0 fully saturated rings. The van der Waals surface area contributed by atoms with Gasteiger partial charge in [0.25, 0.3) is 9.05 Å². The summed E-state index contributed by atoms with van der Waals surface area (Å²) in [6, 6.07) is 4.40. The van der Waals surface area contributed by atoms with Crippen molar-refractivity contribution in [3.05, 3.63) is 28.8 Å². The summed E-state index contributed by atoms with van der Waals surface area (Å²) >= 11 is 0. The summed E-state index contributed by atoms with van der Waals surface area (Å²) in [5, 5.41) is 17.8. The molecular formula is C9H8ClNO3S. The van der Waals surface area contributed by atoms with Crippen molar-refractivity contribution >= 4 is 19.7 Å². The van der Waals surface area contributed by atoms with Gasteiger partial charge in [-0.25, -0.2) is 8.42 Å². The van der Waals surface area contributed by atoms with Crippen molar-refractivity contribution in [2.24, 2.45) is 0 Å². The number of halogens is 1. The van der Waals surface area contributed by atoms with E-state index in [-0.39, 0.29) is 16.0 Å². The summed E-state index contributed by atoms with van der Waals surface area (Å²) < 4.78 is 22.1. The van der Waals surface area contributed by atoms with Gasteiger partial charge in [0, 0.05) is 10.7 Å². The molecule has 0 aliphatic rings. The lowest BCUT2D eigenvalue weighted by Crippen LogP contribution is -1.99. The summed E-state index contributed by atoms with van der Waals surface area (Å²) in [7, 11) is 1.33. The van der Waals surface area contributed by atoms with Crippen molar-refractivity contribution in [3.8, 4) is 6.07 Å². The first-order chi connectivity index (χ1) is 6.90. The minimum absolute atomic E-state index is 0.107. The lowest BCUT2D eigenvalue weighted by atomic mass is 10.0. The molecule has 0 amide bonds. The van der Waals surface area contributed by atoms with E-state index in [2.05, 4.69) is 0 Å². The molecule has 0 unspecified atom stereocenters. The standard InChI is InChI=1S/C9H8ClNO3S/c1-6-2-8(15(10,13)14)3-7(5-12)9(6)4-11/h2-3,12H,5H2,1H3. The smallest absolute Gasteiger partial charge is 0.261 e. The number of aryl methyl sites for hydroxylation is 1. The second kappa shape index (κ2) is 4.19. The van der Waals surface area contributed by atoms with Crippen LogP contribution >= 0.6 is 10.7 Å². The number of hydrogen-bond donors (Lipinski definition) is 1. The Morgan fingerprint density at radius 1 is 1.53 bits per heavy atom. The molecule has 0 bridgehead atoms. The van der Waals surface area contributed by atoms with Crippen LogP contribution in [0.5, 0.6) is 0 Å². The maximum absolute atomic E-state index is 11.1. The largest absolute Gasteiger partial charge is 0.392 e. The van der Waals surface area contributed by atoms with Gasteiger partial charge in [-0.15, -0.1) is 0 Å². The SMILES string of the molecule is Cc1cc(S(=O)(=O)Cl)cc(CO)c1C#N. The molecule has 1 aromatic carbocycles. The van der Waals surface area contributed by atoms with E-state index >= 15 is 0 Å². The van der Waals surface area contributed by atoms with Gasteiger partial charge in [-0.2, -0.15) is 5.26 Å². The van der Waals surface area contributed by atoms with Crippen LogP contribution in [0.1, 0.15) is 16.7 Å². The van der Waals surface area contributed by atoms with Crippen LogP contribution in [0.4, 0.5) is 0 Å². The molecule has 6 heteroatoms. The summed E-state index contributed by atoms with van der Waals surface area (Å²) in [5.41, 5.74) is 1.02. The van der Waals surface area contributed by atoms with Crippen molar-refractivity contribution in [3.63, 3.8) is 0 Å². The van der Waals surface area contributed by atoms with Crippen LogP contribution in [0.25, 0.3) is 0 Å². The van der Waals surface area contributed by atoms with Gasteiger partial charge in [-0.3, -0.25) is 0 Å². The van der Waals surface area contributed by atoms with E-state index in [0.29, 0.717) is 5.56 Å². The fourth-order valence-corrected chi connectivity index (χ4v) is 2.12. The number of nitrogens with zero attached hydrogens (tertiary/aromatic N) is 1. The number of nitriles is 1. The number of benzene rings is 1. The number of aliphatic hydroxyl groups excluding tert-OH is 1. The van der Waals surface area contributed by atoms with E-state index in [1.165, 1.54) is 12.1 Å². The van der Waals surface area contributed by atoms with E-state index in [4.69, 9.17) is 21.1 Å². The maximum atomic E-state index is 11.1. The summed E-state index contributed by atoms with van der Waals surface area (Å²) in [6.45, 7) is 1.19. The molecule has 0 aromatic heterocycles. The first kappa shape index (κ1) is 12.0. The average molecular weight is 246 g/mol. The van der Waals surface area contributed by atoms with Crippen LogP contribution in [-0.4, -0.2) is 13.5 Å². The van der Waals surface area contributed by atoms with Crippen molar-refractivity contribution < 1.29 is 13.5 Å². The number of rotatable bonds is 2. The van der Waals surface area contributed by atoms with Gasteiger partial charge in [-0.05, 0) is 30.2 Å². The predicted octanol–water partition coefficient (Wildman–Crippen LogP) is 1.29. The van der Waals surface area contributed by atoms with Gasteiger partial charge in [0.2, 0.25) is 0 Å². The molecule has 15 heavy (non-hydrogen) atoms. The molecule has 0 aliphatic heterocycles. The Hall–Kier alpha value is -1.09. The third-order valence-electron chi connectivity index (χ3n) is 1.95. The van der Waals surface area contributed by atoms with E-state index in [1.54, 1.807) is 6.92 Å². The molecule has 1 rings (SSSR count). The third-order valence-corrected chi connectivity index (χ3v) is 3.29. The van der Waals surface area contributed by atoms with E-state index < -0.39 is 15.7 Å². The number of aliphatic hydroxyl groups is 1. The molecule has 0 atom stereocenters. The van der Waals surface area contributed by atoms with Crippen molar-refractivity contribution in [2.45, 2.75) is 18.4 Å². The Kier molecular flexibility index (Phi) is 3.35. The zero-order valence-electron chi connectivity index (χ0n) is 7.86. The Morgan fingerprint density at radius 3 is 2.53 bits per heavy atom. The average Bonchev–Trinajstić information content (AvgIpc) is 2.15. The summed E-state index contributed by atoms with van der Waals surface area (Å²) in [6.07, 6.45) is 0. The molecule has 0 heterocycles. The first-order valence-corrected chi connectivity index (χ1v) is 6.30. The quantitative estimate of drug-likeness (QED) is 0.797. The molecule has 80 valence electrons. The monoisotopic (exact) mass is 245 g/mol. The Labute approximate surface area is 92.1 Å².